The van der Waals surface area contributed by atoms with Crippen LogP contribution in [0.25, 0.3) is 11.3 Å². The van der Waals surface area contributed by atoms with Crippen molar-refractivity contribution in [3.05, 3.63) is 29.7 Å². The van der Waals surface area contributed by atoms with Gasteiger partial charge in [0.1, 0.15) is 12.4 Å². The lowest BCUT2D eigenvalue weighted by Crippen LogP contribution is -2.06. The van der Waals surface area contributed by atoms with Crippen molar-refractivity contribution < 1.29 is 9.47 Å². The van der Waals surface area contributed by atoms with Gasteiger partial charge in [-0.25, -0.2) is 4.98 Å². The molecule has 0 saturated heterocycles. The van der Waals surface area contributed by atoms with Crippen LogP contribution in [-0.4, -0.2) is 17.1 Å². The third kappa shape index (κ3) is 1.47. The van der Waals surface area contributed by atoms with Gasteiger partial charge in [0, 0.05) is 5.56 Å². The minimum absolute atomic E-state index is 0.395. The van der Waals surface area contributed by atoms with Gasteiger partial charge in [-0.15, -0.1) is 0 Å². The van der Waals surface area contributed by atoms with Gasteiger partial charge in [-0.3, -0.25) is 0 Å². The molecular formula is C12H13N3O2. The van der Waals surface area contributed by atoms with E-state index in [-0.39, 0.29) is 0 Å². The number of nitrogens with zero attached hydrogens (tertiary/aromatic N) is 1. The molecule has 0 aliphatic carbocycles. The first-order valence-electron chi connectivity index (χ1n) is 5.41. The lowest BCUT2D eigenvalue weighted by molar-refractivity contribution is 0.277. The van der Waals surface area contributed by atoms with Crippen molar-refractivity contribution in [1.82, 2.24) is 9.97 Å². The average Bonchev–Trinajstić information content (AvgIpc) is 2.81. The lowest BCUT2D eigenvalue weighted by Gasteiger charge is -2.18. The van der Waals surface area contributed by atoms with E-state index in [1.54, 1.807) is 7.11 Å². The van der Waals surface area contributed by atoms with Gasteiger partial charge in [-0.05, 0) is 12.1 Å². The number of H-pyrrole nitrogens is 1. The molecule has 0 saturated carbocycles. The SMILES string of the molecule is COc1cccc2c1OCc1[nH]c(CN)nc1-2. The third-order valence-electron chi connectivity index (χ3n) is 2.84. The van der Waals surface area contributed by atoms with Crippen LogP contribution in [0.2, 0.25) is 0 Å². The normalized spacial score (nSPS) is 12.6. The highest BCUT2D eigenvalue weighted by atomic mass is 16.5. The van der Waals surface area contributed by atoms with Crippen molar-refractivity contribution in [3.8, 4) is 22.8 Å². The zero-order valence-electron chi connectivity index (χ0n) is 9.49. The summed E-state index contributed by atoms with van der Waals surface area (Å²) in [6.45, 7) is 0.863. The lowest BCUT2D eigenvalue weighted by atomic mass is 10.1. The fourth-order valence-corrected chi connectivity index (χ4v) is 2.04. The van der Waals surface area contributed by atoms with Crippen molar-refractivity contribution >= 4 is 0 Å². The topological polar surface area (TPSA) is 73.2 Å². The van der Waals surface area contributed by atoms with Crippen LogP contribution in [0.3, 0.4) is 0 Å². The molecule has 1 aromatic heterocycles. The molecule has 1 aromatic carbocycles. The molecule has 1 aliphatic rings. The van der Waals surface area contributed by atoms with Crippen LogP contribution in [0.4, 0.5) is 0 Å². The molecule has 3 N–H and O–H groups in total. The molecule has 0 bridgehead atoms. The summed E-state index contributed by atoms with van der Waals surface area (Å²) in [7, 11) is 1.63. The average molecular weight is 231 g/mol. The Hall–Kier alpha value is -2.01. The molecule has 0 amide bonds. The minimum Gasteiger partial charge on any atom is -0.493 e. The van der Waals surface area contributed by atoms with E-state index in [2.05, 4.69) is 9.97 Å². The van der Waals surface area contributed by atoms with E-state index in [1.807, 2.05) is 18.2 Å². The zero-order chi connectivity index (χ0) is 11.8. The molecule has 0 spiro atoms. The summed E-state index contributed by atoms with van der Waals surface area (Å²) in [6, 6.07) is 5.77. The second kappa shape index (κ2) is 3.78. The summed E-state index contributed by atoms with van der Waals surface area (Å²) in [6.07, 6.45) is 0. The molecule has 0 fully saturated rings. The Morgan fingerprint density at radius 3 is 3.18 bits per heavy atom. The molecule has 5 nitrogen and oxygen atoms in total. The fourth-order valence-electron chi connectivity index (χ4n) is 2.04. The van der Waals surface area contributed by atoms with Gasteiger partial charge in [-0.2, -0.15) is 0 Å². The molecule has 0 unspecified atom stereocenters. The molecule has 17 heavy (non-hydrogen) atoms. The van der Waals surface area contributed by atoms with Crippen LogP contribution in [0.15, 0.2) is 18.2 Å². The van der Waals surface area contributed by atoms with Crippen molar-refractivity contribution in [1.29, 1.82) is 0 Å². The number of nitrogens with one attached hydrogen (secondary N) is 1. The van der Waals surface area contributed by atoms with E-state index >= 15 is 0 Å². The Morgan fingerprint density at radius 2 is 2.41 bits per heavy atom. The summed E-state index contributed by atoms with van der Waals surface area (Å²) in [5.74, 6) is 2.25. The van der Waals surface area contributed by atoms with Crippen molar-refractivity contribution in [2.24, 2.45) is 5.73 Å². The summed E-state index contributed by atoms with van der Waals surface area (Å²) in [5.41, 5.74) is 8.40. The van der Waals surface area contributed by atoms with Crippen LogP contribution in [-0.2, 0) is 13.2 Å². The minimum atomic E-state index is 0.395. The van der Waals surface area contributed by atoms with Gasteiger partial charge in [0.25, 0.3) is 0 Å². The highest BCUT2D eigenvalue weighted by Crippen LogP contribution is 2.42. The quantitative estimate of drug-likeness (QED) is 0.820. The highest BCUT2D eigenvalue weighted by Gasteiger charge is 2.23. The Labute approximate surface area is 98.6 Å². The first kappa shape index (κ1) is 10.2. The summed E-state index contributed by atoms with van der Waals surface area (Å²) < 4.78 is 11.0. The zero-order valence-corrected chi connectivity index (χ0v) is 9.49. The smallest absolute Gasteiger partial charge is 0.171 e. The molecule has 88 valence electrons. The second-order valence-electron chi connectivity index (χ2n) is 3.84. The van der Waals surface area contributed by atoms with Gasteiger partial charge in [0.2, 0.25) is 0 Å². The third-order valence-corrected chi connectivity index (χ3v) is 2.84. The standard InChI is InChI=1S/C12H13N3O2/c1-16-9-4-2-3-7-11-8(6-17-12(7)9)14-10(5-13)15-11/h2-4H,5-6,13H2,1H3,(H,14,15). The number of ether oxygens (including phenoxy) is 2. The predicted molar refractivity (Wildman–Crippen MR) is 62.8 cm³/mol. The Kier molecular flexibility index (Phi) is 2.26. The van der Waals surface area contributed by atoms with E-state index < -0.39 is 0 Å². The number of rotatable bonds is 2. The van der Waals surface area contributed by atoms with E-state index in [9.17, 15) is 0 Å². The van der Waals surface area contributed by atoms with Gasteiger partial charge in [-0.1, -0.05) is 6.07 Å². The number of para-hydroxylation sites is 1. The van der Waals surface area contributed by atoms with Crippen LogP contribution in [0.5, 0.6) is 11.5 Å². The Bertz CT molecular complexity index is 563. The van der Waals surface area contributed by atoms with Crippen LogP contribution in [0.1, 0.15) is 11.5 Å². The number of methoxy groups -OCH3 is 1. The van der Waals surface area contributed by atoms with Gasteiger partial charge < -0.3 is 20.2 Å². The van der Waals surface area contributed by atoms with Crippen molar-refractivity contribution in [3.63, 3.8) is 0 Å². The van der Waals surface area contributed by atoms with E-state index in [1.165, 1.54) is 0 Å². The summed E-state index contributed by atoms with van der Waals surface area (Å²) in [5, 5.41) is 0. The first-order valence-corrected chi connectivity index (χ1v) is 5.41. The molecule has 1 aliphatic heterocycles. The van der Waals surface area contributed by atoms with Gasteiger partial charge in [0.15, 0.2) is 11.5 Å². The molecule has 2 heterocycles. The molecule has 2 aromatic rings. The van der Waals surface area contributed by atoms with Crippen LogP contribution in [0, 0.1) is 0 Å². The monoisotopic (exact) mass is 231 g/mol. The number of hydrogen-bond donors (Lipinski definition) is 2. The molecule has 3 rings (SSSR count). The Balaban J connectivity index is 2.19. The largest absolute Gasteiger partial charge is 0.493 e. The van der Waals surface area contributed by atoms with E-state index in [4.69, 9.17) is 15.2 Å². The maximum atomic E-state index is 5.69. The number of hydrogen-bond acceptors (Lipinski definition) is 4. The maximum absolute atomic E-state index is 5.69. The molecular weight excluding hydrogens is 218 g/mol. The molecule has 5 heteroatoms. The number of aromatic nitrogens is 2. The second-order valence-corrected chi connectivity index (χ2v) is 3.84. The highest BCUT2D eigenvalue weighted by molar-refractivity contribution is 5.74. The van der Waals surface area contributed by atoms with Crippen LogP contribution < -0.4 is 15.2 Å². The van der Waals surface area contributed by atoms with E-state index in [0.29, 0.717) is 13.2 Å². The van der Waals surface area contributed by atoms with Gasteiger partial charge >= 0.3 is 0 Å². The maximum Gasteiger partial charge on any atom is 0.171 e. The summed E-state index contributed by atoms with van der Waals surface area (Å²) in [4.78, 5) is 7.63. The number of imidazole rings is 1. The van der Waals surface area contributed by atoms with Gasteiger partial charge in [0.05, 0.1) is 25.0 Å². The first-order chi connectivity index (χ1) is 8.33. The van der Waals surface area contributed by atoms with Crippen molar-refractivity contribution in [2.45, 2.75) is 13.2 Å². The fraction of sp³-hybridized carbons (Fsp3) is 0.250. The number of benzene rings is 1. The van der Waals surface area contributed by atoms with Crippen molar-refractivity contribution in [2.75, 3.05) is 7.11 Å². The Morgan fingerprint density at radius 1 is 1.53 bits per heavy atom. The van der Waals surface area contributed by atoms with Crippen LogP contribution >= 0.6 is 0 Å². The number of aromatic amines is 1. The van der Waals surface area contributed by atoms with E-state index in [0.717, 1.165) is 34.3 Å². The number of fused-ring (bicyclic) bond motifs is 3. The molecule has 0 atom stereocenters. The summed E-state index contributed by atoms with van der Waals surface area (Å²) >= 11 is 0. The molecule has 0 radical (unpaired) electrons. The number of nitrogens with two attached hydrogens (primary N) is 1. The predicted octanol–water partition coefficient (Wildman–Crippen LogP) is 1.44.